The van der Waals surface area contributed by atoms with Crippen LogP contribution < -0.4 is 15.3 Å². The first kappa shape index (κ1) is 38.3. The van der Waals surface area contributed by atoms with Crippen molar-refractivity contribution in [2.75, 3.05) is 31.2 Å². The summed E-state index contributed by atoms with van der Waals surface area (Å²) in [5.74, 6) is 0.449. The van der Waals surface area contributed by atoms with Gasteiger partial charge in [-0.25, -0.2) is 9.48 Å². The summed E-state index contributed by atoms with van der Waals surface area (Å²) in [6.45, 7) is 9.83. The molecule has 0 spiro atoms. The maximum atomic E-state index is 13.3. The van der Waals surface area contributed by atoms with Gasteiger partial charge in [0.1, 0.15) is 18.5 Å². The molecule has 3 aliphatic rings. The summed E-state index contributed by atoms with van der Waals surface area (Å²) >= 11 is 6.65. The quantitative estimate of drug-likeness (QED) is 0.0824. The van der Waals surface area contributed by atoms with Crippen LogP contribution in [0, 0.1) is 17.8 Å². The number of esters is 2. The fourth-order valence-corrected chi connectivity index (χ4v) is 14.0. The van der Waals surface area contributed by atoms with E-state index in [0.29, 0.717) is 23.0 Å². The molecule has 0 radical (unpaired) electrons. The number of benzene rings is 3. The highest BCUT2D eigenvalue weighted by atomic mass is 35.5. The van der Waals surface area contributed by atoms with Gasteiger partial charge in [-0.15, -0.1) is 0 Å². The Morgan fingerprint density at radius 1 is 0.875 bits per heavy atom. The normalized spacial score (nSPS) is 23.7. The van der Waals surface area contributed by atoms with E-state index in [9.17, 15) is 9.59 Å². The lowest BCUT2D eigenvalue weighted by atomic mass is 9.99. The van der Waals surface area contributed by atoms with Crippen LogP contribution in [0.5, 0.6) is 0 Å². The van der Waals surface area contributed by atoms with Gasteiger partial charge in [0.2, 0.25) is 5.28 Å². The van der Waals surface area contributed by atoms with Crippen molar-refractivity contribution >= 4 is 59.1 Å². The molecule has 1 saturated carbocycles. The van der Waals surface area contributed by atoms with Crippen molar-refractivity contribution in [2.24, 2.45) is 17.8 Å². The Kier molecular flexibility index (Phi) is 10.7. The number of hydrogen-bond donors (Lipinski definition) is 0. The first-order chi connectivity index (χ1) is 27.0. The number of fused-ring (bicyclic) bond motifs is 2. The molecule has 0 amide bonds. The molecule has 1 aliphatic carbocycles. The summed E-state index contributed by atoms with van der Waals surface area (Å²) in [4.78, 5) is 37.9. The molecule has 2 aromatic heterocycles. The molecule has 2 saturated heterocycles. The number of nitrogens with zero attached hydrogens (tertiary/aromatic N) is 5. The Labute approximate surface area is 333 Å². The van der Waals surface area contributed by atoms with Crippen molar-refractivity contribution in [3.63, 3.8) is 0 Å². The van der Waals surface area contributed by atoms with E-state index >= 15 is 0 Å². The molecule has 2 aliphatic heterocycles. The van der Waals surface area contributed by atoms with Gasteiger partial charge in [-0.05, 0) is 63.8 Å². The lowest BCUT2D eigenvalue weighted by Crippen LogP contribution is -2.67. The van der Waals surface area contributed by atoms with Gasteiger partial charge < -0.3 is 23.5 Å². The fraction of sp³-hybridized carbons (Fsp3) is 0.419. The zero-order chi connectivity index (χ0) is 39.0. The number of anilines is 1. The standard InChI is InChI=1S/C43H48ClN5O6Si/c1-28(50)54-37-35(26-53-56(43(2,3)4,32-19-10-6-11-20-32)33-21-12-7-13-22-33)36(27-52-41(51)29-15-8-5-9-16-29)55-40(37)49-39-34(23-45-49)38(46-42(44)47-39)48-24-30-17-14-18-31(30)25-48/h5-13,15-16,19-23,30-31,35-37,40H,14,17-18,24-27H2,1-4H3/t30-,31+,35-,36+,37+,40+/m0/s1. The SMILES string of the molecule is CC(=O)O[C@@H]1[C@@H](CO[Si](c2ccccc2)(c2ccccc2)C(C)(C)C)[C@@H](COC(=O)c2ccccc2)O[C@H]1n1ncc2c(N3C[C@H]4CCC[C@H]4C3)nc(Cl)nc21. The predicted octanol–water partition coefficient (Wildman–Crippen LogP) is 6.59. The fourth-order valence-electron chi connectivity index (χ4n) is 9.20. The van der Waals surface area contributed by atoms with Crippen molar-refractivity contribution in [3.05, 3.63) is 108 Å². The topological polar surface area (TPSA) is 118 Å². The Morgan fingerprint density at radius 3 is 2.07 bits per heavy atom. The van der Waals surface area contributed by atoms with E-state index in [1.807, 2.05) is 42.5 Å². The van der Waals surface area contributed by atoms with Gasteiger partial charge in [-0.1, -0.05) is 106 Å². The Morgan fingerprint density at radius 2 is 1.48 bits per heavy atom. The van der Waals surface area contributed by atoms with Crippen molar-refractivity contribution in [2.45, 2.75) is 70.4 Å². The van der Waals surface area contributed by atoms with Crippen LogP contribution in [0.2, 0.25) is 10.3 Å². The summed E-state index contributed by atoms with van der Waals surface area (Å²) in [7, 11) is -3.06. The van der Waals surface area contributed by atoms with Crippen LogP contribution in [0.3, 0.4) is 0 Å². The summed E-state index contributed by atoms with van der Waals surface area (Å²) in [6, 6.07) is 29.5. The second-order valence-electron chi connectivity index (χ2n) is 16.2. The minimum atomic E-state index is -3.06. The Balaban J connectivity index is 1.19. The monoisotopic (exact) mass is 793 g/mol. The third-order valence-electron chi connectivity index (χ3n) is 11.8. The molecule has 0 unspecified atom stereocenters. The summed E-state index contributed by atoms with van der Waals surface area (Å²) in [6.07, 6.45) is 2.86. The van der Waals surface area contributed by atoms with Crippen LogP contribution in [-0.2, 0) is 23.4 Å². The van der Waals surface area contributed by atoms with Crippen LogP contribution >= 0.6 is 11.6 Å². The largest absolute Gasteiger partial charge is 0.459 e. The third kappa shape index (κ3) is 7.24. The van der Waals surface area contributed by atoms with E-state index in [4.69, 9.17) is 40.3 Å². The molecule has 292 valence electrons. The lowest BCUT2D eigenvalue weighted by molar-refractivity contribution is -0.154. The predicted molar refractivity (Wildman–Crippen MR) is 217 cm³/mol. The molecule has 5 aromatic rings. The molecule has 3 fully saturated rings. The second kappa shape index (κ2) is 15.7. The van der Waals surface area contributed by atoms with E-state index in [0.717, 1.165) is 34.7 Å². The first-order valence-corrected chi connectivity index (χ1v) is 21.8. The zero-order valence-electron chi connectivity index (χ0n) is 32.2. The number of aromatic nitrogens is 4. The Hall–Kier alpha value is -4.62. The van der Waals surface area contributed by atoms with E-state index in [-0.39, 0.29) is 23.5 Å². The van der Waals surface area contributed by atoms with E-state index in [1.165, 1.54) is 26.2 Å². The van der Waals surface area contributed by atoms with Gasteiger partial charge in [0, 0.05) is 26.6 Å². The van der Waals surface area contributed by atoms with Crippen molar-refractivity contribution < 1.29 is 28.2 Å². The first-order valence-electron chi connectivity index (χ1n) is 19.5. The average Bonchev–Trinajstić information content (AvgIpc) is 3.98. The average molecular weight is 794 g/mol. The number of carbonyl (C=O) groups excluding carboxylic acids is 2. The minimum Gasteiger partial charge on any atom is -0.459 e. The van der Waals surface area contributed by atoms with Crippen molar-refractivity contribution in [3.8, 4) is 0 Å². The van der Waals surface area contributed by atoms with Gasteiger partial charge in [0.15, 0.2) is 18.0 Å². The number of hydrogen-bond acceptors (Lipinski definition) is 10. The molecule has 4 heterocycles. The van der Waals surface area contributed by atoms with Crippen LogP contribution in [0.1, 0.15) is 63.5 Å². The molecule has 56 heavy (non-hydrogen) atoms. The molecular weight excluding hydrogens is 746 g/mol. The highest BCUT2D eigenvalue weighted by molar-refractivity contribution is 6.99. The van der Waals surface area contributed by atoms with E-state index in [2.05, 4.69) is 54.9 Å². The van der Waals surface area contributed by atoms with Crippen molar-refractivity contribution in [1.29, 1.82) is 0 Å². The third-order valence-corrected chi connectivity index (χ3v) is 16.9. The van der Waals surface area contributed by atoms with E-state index in [1.54, 1.807) is 35.1 Å². The minimum absolute atomic E-state index is 0.0910. The number of ether oxygens (including phenoxy) is 3. The Bertz CT molecular complexity index is 2120. The van der Waals surface area contributed by atoms with Crippen LogP contribution in [0.4, 0.5) is 5.82 Å². The van der Waals surface area contributed by atoms with E-state index < -0.39 is 44.6 Å². The summed E-state index contributed by atoms with van der Waals surface area (Å²) < 4.78 is 28.0. The van der Waals surface area contributed by atoms with Gasteiger partial charge >= 0.3 is 11.9 Å². The second-order valence-corrected chi connectivity index (χ2v) is 20.9. The van der Waals surface area contributed by atoms with Crippen LogP contribution in [0.25, 0.3) is 11.0 Å². The molecule has 0 bridgehead atoms. The lowest BCUT2D eigenvalue weighted by Gasteiger charge is -2.44. The summed E-state index contributed by atoms with van der Waals surface area (Å²) in [5.41, 5.74) is 0.884. The van der Waals surface area contributed by atoms with Crippen molar-refractivity contribution in [1.82, 2.24) is 19.7 Å². The van der Waals surface area contributed by atoms with Gasteiger partial charge in [0.05, 0.1) is 23.1 Å². The molecule has 0 N–H and O–H groups in total. The van der Waals surface area contributed by atoms with Gasteiger partial charge in [-0.2, -0.15) is 15.1 Å². The maximum absolute atomic E-state index is 13.3. The molecular formula is C43H48ClN5O6Si. The molecule has 3 aromatic carbocycles. The van der Waals surface area contributed by atoms with Gasteiger partial charge in [-0.3, -0.25) is 4.79 Å². The molecule has 11 nitrogen and oxygen atoms in total. The van der Waals surface area contributed by atoms with Gasteiger partial charge in [0.25, 0.3) is 8.32 Å². The zero-order valence-corrected chi connectivity index (χ0v) is 34.0. The summed E-state index contributed by atoms with van der Waals surface area (Å²) in [5, 5.41) is 7.52. The molecule has 13 heteroatoms. The molecule has 8 rings (SSSR count). The number of rotatable bonds is 11. The van der Waals surface area contributed by atoms with Crippen LogP contribution in [-0.4, -0.2) is 78.5 Å². The number of carbonyl (C=O) groups is 2. The molecule has 6 atom stereocenters. The smallest absolute Gasteiger partial charge is 0.338 e. The number of halogens is 1. The van der Waals surface area contributed by atoms with Crippen LogP contribution in [0.15, 0.2) is 97.2 Å². The highest BCUT2D eigenvalue weighted by Crippen LogP contribution is 2.44. The highest BCUT2D eigenvalue weighted by Gasteiger charge is 2.54. The maximum Gasteiger partial charge on any atom is 0.338 e.